The van der Waals surface area contributed by atoms with Gasteiger partial charge in [-0.25, -0.2) is 4.79 Å². The summed E-state index contributed by atoms with van der Waals surface area (Å²) in [7, 11) is 0. The van der Waals surface area contributed by atoms with E-state index in [0.717, 1.165) is 5.56 Å². The first-order valence-corrected chi connectivity index (χ1v) is 7.73. The average molecular weight is 389 g/mol. The maximum Gasteiger partial charge on any atom is 0.408 e. The second-order valence-electron chi connectivity index (χ2n) is 4.64. The molecule has 0 heterocycles. The number of carbonyl (C=O) groups excluding carboxylic acids is 1. The van der Waals surface area contributed by atoms with Gasteiger partial charge in [0, 0.05) is 10.5 Å². The van der Waals surface area contributed by atoms with Crippen LogP contribution in [0.25, 0.3) is 0 Å². The van der Waals surface area contributed by atoms with Crippen LogP contribution in [0.1, 0.15) is 11.1 Å². The number of halogens is 1. The minimum atomic E-state index is -0.599. The molecule has 0 saturated heterocycles. The summed E-state index contributed by atoms with van der Waals surface area (Å²) in [6.45, 7) is 0.194. The molecule has 0 aromatic heterocycles. The number of benzene rings is 2. The number of nitrogens with zero attached hydrogens (tertiary/aromatic N) is 1. The van der Waals surface area contributed by atoms with E-state index < -0.39 is 11.0 Å². The fourth-order valence-corrected chi connectivity index (χ4v) is 2.14. The summed E-state index contributed by atoms with van der Waals surface area (Å²) in [5.74, 6) is 5.33. The minimum absolute atomic E-state index is 0.0286. The lowest BCUT2D eigenvalue weighted by Crippen LogP contribution is -2.24. The molecule has 1 N–H and O–H groups in total. The van der Waals surface area contributed by atoms with Crippen LogP contribution >= 0.6 is 15.9 Å². The van der Waals surface area contributed by atoms with E-state index in [4.69, 9.17) is 4.74 Å². The fraction of sp³-hybridized carbons (Fsp3) is 0.118. The lowest BCUT2D eigenvalue weighted by Gasteiger charge is -2.04. The van der Waals surface area contributed by atoms with E-state index >= 15 is 0 Å². The Morgan fingerprint density at radius 2 is 2.00 bits per heavy atom. The highest BCUT2D eigenvalue weighted by Gasteiger charge is 2.11. The van der Waals surface area contributed by atoms with Gasteiger partial charge in [-0.2, -0.15) is 0 Å². The molecule has 0 fully saturated rings. The van der Waals surface area contributed by atoms with Gasteiger partial charge in [-0.05, 0) is 17.7 Å². The number of hydrogen-bond acceptors (Lipinski definition) is 4. The molecular weight excluding hydrogens is 376 g/mol. The number of hydrogen-bond donors (Lipinski definition) is 1. The molecule has 0 atom stereocenters. The molecule has 6 nitrogen and oxygen atoms in total. The van der Waals surface area contributed by atoms with Gasteiger partial charge in [0.15, 0.2) is 0 Å². The molecule has 0 bridgehead atoms. The molecule has 0 radical (unpaired) electrons. The van der Waals surface area contributed by atoms with Crippen molar-refractivity contribution in [1.82, 2.24) is 5.32 Å². The van der Waals surface area contributed by atoms with E-state index in [1.807, 2.05) is 30.3 Å². The number of nitro benzene ring substituents is 1. The van der Waals surface area contributed by atoms with Crippen molar-refractivity contribution in [2.24, 2.45) is 0 Å². The second-order valence-corrected chi connectivity index (χ2v) is 5.55. The number of nitrogens with one attached hydrogen (secondary N) is 1. The zero-order valence-electron chi connectivity index (χ0n) is 12.5. The summed E-state index contributed by atoms with van der Waals surface area (Å²) in [5, 5.41) is 13.4. The van der Waals surface area contributed by atoms with Crippen molar-refractivity contribution >= 4 is 27.7 Å². The summed E-state index contributed by atoms with van der Waals surface area (Å²) < 4.78 is 5.63. The van der Waals surface area contributed by atoms with Gasteiger partial charge < -0.3 is 10.1 Å². The zero-order valence-corrected chi connectivity index (χ0v) is 14.1. The predicted molar refractivity (Wildman–Crippen MR) is 92.3 cm³/mol. The minimum Gasteiger partial charge on any atom is -0.445 e. The Bertz CT molecular complexity index is 797. The van der Waals surface area contributed by atoms with Crippen LogP contribution in [0.3, 0.4) is 0 Å². The van der Waals surface area contributed by atoms with Crippen LogP contribution in [0.2, 0.25) is 0 Å². The fourth-order valence-electron chi connectivity index (χ4n) is 1.79. The van der Waals surface area contributed by atoms with Crippen LogP contribution in [-0.2, 0) is 11.3 Å². The Morgan fingerprint density at radius 3 is 2.71 bits per heavy atom. The number of nitro groups is 1. The molecule has 0 aliphatic rings. The van der Waals surface area contributed by atoms with E-state index in [9.17, 15) is 14.9 Å². The van der Waals surface area contributed by atoms with Gasteiger partial charge in [0.2, 0.25) is 0 Å². The molecule has 0 aliphatic heterocycles. The van der Waals surface area contributed by atoms with E-state index in [0.29, 0.717) is 4.47 Å². The van der Waals surface area contributed by atoms with Crippen LogP contribution in [0, 0.1) is 22.0 Å². The second kappa shape index (κ2) is 8.70. The molecule has 122 valence electrons. The molecule has 24 heavy (non-hydrogen) atoms. The molecular formula is C17H13BrN2O4. The molecule has 1 amide bonds. The third kappa shape index (κ3) is 5.41. The normalized spacial score (nSPS) is 9.54. The summed E-state index contributed by atoms with van der Waals surface area (Å²) in [4.78, 5) is 22.0. The van der Waals surface area contributed by atoms with Gasteiger partial charge in [0.1, 0.15) is 12.2 Å². The maximum atomic E-state index is 11.5. The number of amides is 1. The van der Waals surface area contributed by atoms with Gasteiger partial charge >= 0.3 is 6.09 Å². The van der Waals surface area contributed by atoms with Crippen LogP contribution in [0.15, 0.2) is 53.0 Å². The van der Waals surface area contributed by atoms with Gasteiger partial charge in [-0.1, -0.05) is 58.1 Å². The highest BCUT2D eigenvalue weighted by Crippen LogP contribution is 2.22. The number of ether oxygens (including phenoxy) is 1. The van der Waals surface area contributed by atoms with Crippen LogP contribution in [-0.4, -0.2) is 17.6 Å². The van der Waals surface area contributed by atoms with Crippen molar-refractivity contribution in [2.45, 2.75) is 6.61 Å². The molecule has 0 saturated carbocycles. The van der Waals surface area contributed by atoms with Gasteiger partial charge in [-0.3, -0.25) is 10.1 Å². The highest BCUT2D eigenvalue weighted by molar-refractivity contribution is 9.10. The number of alkyl carbamates (subject to hydrolysis) is 1. The summed E-state index contributed by atoms with van der Waals surface area (Å²) in [5.41, 5.74) is 1.07. The first-order chi connectivity index (χ1) is 11.6. The van der Waals surface area contributed by atoms with Crippen molar-refractivity contribution in [2.75, 3.05) is 6.54 Å². The van der Waals surface area contributed by atoms with Crippen LogP contribution < -0.4 is 5.32 Å². The van der Waals surface area contributed by atoms with Gasteiger partial charge in [0.25, 0.3) is 5.69 Å². The Kier molecular flexibility index (Phi) is 6.34. The first-order valence-electron chi connectivity index (χ1n) is 6.93. The number of rotatable bonds is 4. The molecule has 2 aromatic rings. The molecule has 0 unspecified atom stereocenters. The third-order valence-electron chi connectivity index (χ3n) is 2.91. The average Bonchev–Trinajstić information content (AvgIpc) is 2.58. The molecule has 2 aromatic carbocycles. The largest absolute Gasteiger partial charge is 0.445 e. The molecule has 7 heteroatoms. The van der Waals surface area contributed by atoms with E-state index in [-0.39, 0.29) is 24.4 Å². The molecule has 0 aliphatic carbocycles. The van der Waals surface area contributed by atoms with E-state index in [1.54, 1.807) is 12.1 Å². The van der Waals surface area contributed by atoms with E-state index in [1.165, 1.54) is 6.07 Å². The predicted octanol–water partition coefficient (Wildman–Crippen LogP) is 3.64. The van der Waals surface area contributed by atoms with Crippen molar-refractivity contribution < 1.29 is 14.5 Å². The smallest absolute Gasteiger partial charge is 0.408 e. The lowest BCUT2D eigenvalue weighted by molar-refractivity contribution is -0.385. The van der Waals surface area contributed by atoms with Crippen molar-refractivity contribution in [3.8, 4) is 11.8 Å². The lowest BCUT2D eigenvalue weighted by atomic mass is 10.2. The standard InChI is InChI=1S/C17H13BrN2O4/c18-15-9-8-14(16(11-15)20(22)23)7-4-10-19-17(21)24-12-13-5-2-1-3-6-13/h1-3,5-6,8-9,11H,10,12H2,(H,19,21). The Balaban J connectivity index is 1.85. The SMILES string of the molecule is O=C(NCC#Cc1ccc(Br)cc1[N+](=O)[O-])OCc1ccccc1. The Morgan fingerprint density at radius 1 is 1.25 bits per heavy atom. The maximum absolute atomic E-state index is 11.5. The van der Waals surface area contributed by atoms with Crippen LogP contribution in [0.5, 0.6) is 0 Å². The Hall–Kier alpha value is -2.85. The van der Waals surface area contributed by atoms with Gasteiger partial charge in [0.05, 0.1) is 11.5 Å². The zero-order chi connectivity index (χ0) is 17.4. The highest BCUT2D eigenvalue weighted by atomic mass is 79.9. The van der Waals surface area contributed by atoms with Gasteiger partial charge in [-0.15, -0.1) is 0 Å². The quantitative estimate of drug-likeness (QED) is 0.492. The summed E-state index contributed by atoms with van der Waals surface area (Å²) in [6, 6.07) is 13.9. The first kappa shape index (κ1) is 17.5. The molecule has 0 spiro atoms. The summed E-state index contributed by atoms with van der Waals surface area (Å²) in [6.07, 6.45) is -0.599. The van der Waals surface area contributed by atoms with Crippen molar-refractivity contribution in [3.63, 3.8) is 0 Å². The monoisotopic (exact) mass is 388 g/mol. The Labute approximate surface area is 147 Å². The topological polar surface area (TPSA) is 81.5 Å². The van der Waals surface area contributed by atoms with Crippen LogP contribution in [0.4, 0.5) is 10.5 Å². The van der Waals surface area contributed by atoms with Crippen molar-refractivity contribution in [1.29, 1.82) is 0 Å². The molecule has 2 rings (SSSR count). The number of carbonyl (C=O) groups is 1. The summed E-state index contributed by atoms with van der Waals surface area (Å²) >= 11 is 3.18. The van der Waals surface area contributed by atoms with E-state index in [2.05, 4.69) is 33.1 Å². The third-order valence-corrected chi connectivity index (χ3v) is 3.41. The van der Waals surface area contributed by atoms with Crippen molar-refractivity contribution in [3.05, 3.63) is 74.2 Å².